The van der Waals surface area contributed by atoms with Crippen molar-refractivity contribution in [2.24, 2.45) is 0 Å². The quantitative estimate of drug-likeness (QED) is 0.903. The third kappa shape index (κ3) is 4.01. The molecule has 6 heteroatoms. The summed E-state index contributed by atoms with van der Waals surface area (Å²) in [5.41, 5.74) is 3.32. The largest absolute Gasteiger partial charge is 0.495 e. The molecule has 0 radical (unpaired) electrons. The first-order valence-electron chi connectivity index (χ1n) is 9.39. The summed E-state index contributed by atoms with van der Waals surface area (Å²) in [5.74, 6) is 1.70. The maximum Gasteiger partial charge on any atom is 0.322 e. The van der Waals surface area contributed by atoms with Crippen LogP contribution in [0, 0.1) is 0 Å². The number of anilines is 1. The van der Waals surface area contributed by atoms with Crippen LogP contribution in [-0.4, -0.2) is 55.7 Å². The van der Waals surface area contributed by atoms with E-state index in [1.54, 1.807) is 7.11 Å². The van der Waals surface area contributed by atoms with Crippen LogP contribution in [0.5, 0.6) is 11.5 Å². The monoisotopic (exact) mass is 367 g/mol. The fraction of sp³-hybridized carbons (Fsp3) is 0.381. The Kier molecular flexibility index (Phi) is 5.16. The number of piperazine rings is 1. The number of hydrogen-bond donors (Lipinski definition) is 1. The van der Waals surface area contributed by atoms with Gasteiger partial charge in [0.15, 0.2) is 0 Å². The predicted octanol–water partition coefficient (Wildman–Crippen LogP) is 2.98. The van der Waals surface area contributed by atoms with Crippen LogP contribution in [-0.2, 0) is 13.0 Å². The van der Waals surface area contributed by atoms with Gasteiger partial charge in [0.05, 0.1) is 19.4 Å². The van der Waals surface area contributed by atoms with Crippen LogP contribution in [0.4, 0.5) is 10.5 Å². The average Bonchev–Trinajstić information content (AvgIpc) is 3.17. The van der Waals surface area contributed by atoms with Gasteiger partial charge < -0.3 is 19.7 Å². The van der Waals surface area contributed by atoms with Crippen LogP contribution >= 0.6 is 0 Å². The van der Waals surface area contributed by atoms with E-state index in [9.17, 15) is 4.79 Å². The maximum atomic E-state index is 12.6. The summed E-state index contributed by atoms with van der Waals surface area (Å²) in [5, 5.41) is 2.95. The molecule has 6 nitrogen and oxygen atoms in total. The molecule has 4 rings (SSSR count). The zero-order valence-electron chi connectivity index (χ0n) is 15.6. The van der Waals surface area contributed by atoms with Gasteiger partial charge in [0.2, 0.25) is 0 Å². The van der Waals surface area contributed by atoms with Crippen molar-refractivity contribution in [2.45, 2.75) is 13.0 Å². The molecule has 2 heterocycles. The molecule has 0 bridgehead atoms. The molecular weight excluding hydrogens is 342 g/mol. The van der Waals surface area contributed by atoms with Gasteiger partial charge in [-0.3, -0.25) is 4.90 Å². The van der Waals surface area contributed by atoms with Gasteiger partial charge in [0.1, 0.15) is 11.5 Å². The van der Waals surface area contributed by atoms with Crippen molar-refractivity contribution in [2.75, 3.05) is 45.2 Å². The summed E-state index contributed by atoms with van der Waals surface area (Å²) in [6.07, 6.45) is 1.00. The number of nitrogens with zero attached hydrogens (tertiary/aromatic N) is 2. The molecule has 2 aliphatic heterocycles. The van der Waals surface area contributed by atoms with E-state index in [1.165, 1.54) is 11.1 Å². The van der Waals surface area contributed by atoms with Crippen molar-refractivity contribution in [1.82, 2.24) is 9.80 Å². The fourth-order valence-electron chi connectivity index (χ4n) is 3.65. The number of amides is 2. The van der Waals surface area contributed by atoms with E-state index in [2.05, 4.69) is 28.4 Å². The van der Waals surface area contributed by atoms with Gasteiger partial charge in [0.25, 0.3) is 0 Å². The number of nitrogens with one attached hydrogen (secondary N) is 1. The SMILES string of the molecule is COc1ccccc1NC(=O)N1CCN(Cc2ccc3c(c2)CCO3)CC1. The molecular formula is C21H25N3O3. The summed E-state index contributed by atoms with van der Waals surface area (Å²) in [6, 6.07) is 13.9. The Hall–Kier alpha value is -2.73. The van der Waals surface area contributed by atoms with Gasteiger partial charge in [-0.05, 0) is 29.3 Å². The number of fused-ring (bicyclic) bond motifs is 1. The van der Waals surface area contributed by atoms with Crippen LogP contribution < -0.4 is 14.8 Å². The summed E-state index contributed by atoms with van der Waals surface area (Å²) >= 11 is 0. The van der Waals surface area contributed by atoms with Gasteiger partial charge in [0, 0.05) is 39.1 Å². The highest BCUT2D eigenvalue weighted by Gasteiger charge is 2.22. The summed E-state index contributed by atoms with van der Waals surface area (Å²) in [4.78, 5) is 16.8. The second-order valence-electron chi connectivity index (χ2n) is 6.93. The second-order valence-corrected chi connectivity index (χ2v) is 6.93. The maximum absolute atomic E-state index is 12.6. The fourth-order valence-corrected chi connectivity index (χ4v) is 3.65. The molecule has 0 spiro atoms. The number of rotatable bonds is 4. The van der Waals surface area contributed by atoms with Gasteiger partial charge >= 0.3 is 6.03 Å². The molecule has 2 aromatic rings. The molecule has 2 amide bonds. The lowest BCUT2D eigenvalue weighted by Crippen LogP contribution is -2.49. The van der Waals surface area contributed by atoms with Crippen molar-refractivity contribution < 1.29 is 14.3 Å². The number of carbonyl (C=O) groups excluding carboxylic acids is 1. The zero-order chi connectivity index (χ0) is 18.6. The Labute approximate surface area is 159 Å². The third-order valence-corrected chi connectivity index (χ3v) is 5.17. The number of carbonyl (C=O) groups is 1. The zero-order valence-corrected chi connectivity index (χ0v) is 15.6. The van der Waals surface area contributed by atoms with Gasteiger partial charge in [-0.25, -0.2) is 4.79 Å². The Morgan fingerprint density at radius 3 is 2.78 bits per heavy atom. The Bertz CT molecular complexity index is 816. The average molecular weight is 367 g/mol. The molecule has 0 unspecified atom stereocenters. The van der Waals surface area contributed by atoms with Crippen molar-refractivity contribution in [3.8, 4) is 11.5 Å². The Balaban J connectivity index is 1.30. The number of methoxy groups -OCH3 is 1. The molecule has 0 saturated carbocycles. The van der Waals surface area contributed by atoms with Gasteiger partial charge in [-0.15, -0.1) is 0 Å². The van der Waals surface area contributed by atoms with Crippen molar-refractivity contribution in [3.05, 3.63) is 53.6 Å². The minimum Gasteiger partial charge on any atom is -0.495 e. The van der Waals surface area contributed by atoms with Crippen LogP contribution in [0.3, 0.4) is 0 Å². The lowest BCUT2D eigenvalue weighted by molar-refractivity contribution is 0.143. The molecule has 0 aliphatic carbocycles. The Morgan fingerprint density at radius 2 is 1.96 bits per heavy atom. The smallest absolute Gasteiger partial charge is 0.322 e. The van der Waals surface area contributed by atoms with E-state index in [0.29, 0.717) is 11.4 Å². The van der Waals surface area contributed by atoms with Crippen LogP contribution in [0.25, 0.3) is 0 Å². The number of hydrogen-bond acceptors (Lipinski definition) is 4. The Morgan fingerprint density at radius 1 is 1.15 bits per heavy atom. The van der Waals surface area contributed by atoms with Gasteiger partial charge in [-0.1, -0.05) is 24.3 Å². The molecule has 1 N–H and O–H groups in total. The van der Waals surface area contributed by atoms with E-state index in [4.69, 9.17) is 9.47 Å². The van der Waals surface area contributed by atoms with Crippen LogP contribution in [0.1, 0.15) is 11.1 Å². The van der Waals surface area contributed by atoms with E-state index in [1.807, 2.05) is 29.2 Å². The summed E-state index contributed by atoms with van der Waals surface area (Å²) < 4.78 is 10.9. The molecule has 2 aliphatic rings. The molecule has 1 saturated heterocycles. The van der Waals surface area contributed by atoms with E-state index in [-0.39, 0.29) is 6.03 Å². The first-order valence-corrected chi connectivity index (χ1v) is 9.39. The lowest BCUT2D eigenvalue weighted by atomic mass is 10.1. The van der Waals surface area contributed by atoms with E-state index >= 15 is 0 Å². The highest BCUT2D eigenvalue weighted by molar-refractivity contribution is 5.91. The molecule has 2 aromatic carbocycles. The van der Waals surface area contributed by atoms with Crippen LogP contribution in [0.15, 0.2) is 42.5 Å². The van der Waals surface area contributed by atoms with Crippen molar-refractivity contribution >= 4 is 11.7 Å². The number of para-hydroxylation sites is 2. The molecule has 1 fully saturated rings. The minimum absolute atomic E-state index is 0.0752. The first-order chi connectivity index (χ1) is 13.2. The highest BCUT2D eigenvalue weighted by Crippen LogP contribution is 2.27. The number of ether oxygens (including phenoxy) is 2. The normalized spacial score (nSPS) is 16.6. The minimum atomic E-state index is -0.0752. The first kappa shape index (κ1) is 17.7. The molecule has 27 heavy (non-hydrogen) atoms. The molecule has 0 aromatic heterocycles. The highest BCUT2D eigenvalue weighted by atomic mass is 16.5. The molecule has 0 atom stereocenters. The standard InChI is InChI=1S/C21H25N3O3/c1-26-20-5-3-2-4-18(20)22-21(25)24-11-9-23(10-12-24)15-16-6-7-19-17(14-16)8-13-27-19/h2-7,14H,8-13,15H2,1H3,(H,22,25). The van der Waals surface area contributed by atoms with E-state index in [0.717, 1.165) is 51.5 Å². The lowest BCUT2D eigenvalue weighted by Gasteiger charge is -2.34. The molecule has 142 valence electrons. The van der Waals surface area contributed by atoms with Gasteiger partial charge in [-0.2, -0.15) is 0 Å². The third-order valence-electron chi connectivity index (χ3n) is 5.17. The second kappa shape index (κ2) is 7.88. The van der Waals surface area contributed by atoms with Crippen molar-refractivity contribution in [3.63, 3.8) is 0 Å². The van der Waals surface area contributed by atoms with E-state index < -0.39 is 0 Å². The van der Waals surface area contributed by atoms with Crippen molar-refractivity contribution in [1.29, 1.82) is 0 Å². The summed E-state index contributed by atoms with van der Waals surface area (Å²) in [6.45, 7) is 4.87. The summed E-state index contributed by atoms with van der Waals surface area (Å²) in [7, 11) is 1.61. The predicted molar refractivity (Wildman–Crippen MR) is 105 cm³/mol. The van der Waals surface area contributed by atoms with Crippen LogP contribution in [0.2, 0.25) is 0 Å². The topological polar surface area (TPSA) is 54.0 Å². The number of urea groups is 1. The number of benzene rings is 2.